The molecule has 40 valence electrons. The fourth-order valence-corrected chi connectivity index (χ4v) is 0.164. The summed E-state index contributed by atoms with van der Waals surface area (Å²) in [5, 5.41) is 0. The van der Waals surface area contributed by atoms with E-state index < -0.39 is 0 Å². The molecule has 0 unspecified atom stereocenters. The van der Waals surface area contributed by atoms with Gasteiger partial charge in [0.1, 0.15) is 6.61 Å². The molecule has 6 heavy (non-hydrogen) atoms. The molecule has 2 nitrogen and oxygen atoms in total. The molecule has 4 heteroatoms. The summed E-state index contributed by atoms with van der Waals surface area (Å²) in [5.41, 5.74) is 0. The third-order valence-corrected chi connectivity index (χ3v) is 0.376. The van der Waals surface area contributed by atoms with Gasteiger partial charge in [-0.15, -0.1) is 11.6 Å². The lowest BCUT2D eigenvalue weighted by molar-refractivity contribution is -0.688. The van der Waals surface area contributed by atoms with Gasteiger partial charge in [-0.2, -0.15) is 0 Å². The van der Waals surface area contributed by atoms with Crippen LogP contribution in [0.15, 0.2) is 0 Å². The Morgan fingerprint density at radius 2 is 2.17 bits per heavy atom. The first-order chi connectivity index (χ1) is 2.41. The highest BCUT2D eigenvalue weighted by molar-refractivity contribution is 6.17. The zero-order valence-electron chi connectivity index (χ0n) is 3.29. The van der Waals surface area contributed by atoms with E-state index in [9.17, 15) is 0 Å². The minimum atomic E-state index is 0. The predicted octanol–water partition coefficient (Wildman–Crippen LogP) is -3.60. The van der Waals surface area contributed by atoms with E-state index in [4.69, 9.17) is 11.6 Å². The van der Waals surface area contributed by atoms with Crippen LogP contribution in [0.1, 0.15) is 0 Å². The van der Waals surface area contributed by atoms with Crippen molar-refractivity contribution in [3.05, 3.63) is 0 Å². The average Bonchev–Trinajstić information content (AvgIpc) is 1.41. The van der Waals surface area contributed by atoms with E-state index in [1.807, 2.05) is 0 Å². The minimum Gasteiger partial charge on any atom is -1.00 e. The Morgan fingerprint density at radius 3 is 2.17 bits per heavy atom. The molecule has 0 bridgehead atoms. The smallest absolute Gasteiger partial charge is 0.119 e. The quantitative estimate of drug-likeness (QED) is 0.306. The molecular weight excluding hydrogens is 125 g/mol. The van der Waals surface area contributed by atoms with Crippen LogP contribution in [0.3, 0.4) is 0 Å². The van der Waals surface area contributed by atoms with E-state index in [0.29, 0.717) is 12.5 Å². The second kappa shape index (κ2) is 9.09. The van der Waals surface area contributed by atoms with Gasteiger partial charge in [-0.1, -0.05) is 0 Å². The lowest BCUT2D eigenvalue weighted by Crippen LogP contribution is -3.00. The van der Waals surface area contributed by atoms with Gasteiger partial charge in [0.05, 0.1) is 5.88 Å². The highest BCUT2D eigenvalue weighted by Crippen LogP contribution is 1.67. The van der Waals surface area contributed by atoms with Gasteiger partial charge in [0.15, 0.2) is 0 Å². The number of hydrogen-bond donors (Lipinski definition) is 1. The van der Waals surface area contributed by atoms with Gasteiger partial charge >= 0.3 is 0 Å². The molecule has 0 rings (SSSR count). The number of alkyl halides is 1. The van der Waals surface area contributed by atoms with Crippen molar-refractivity contribution in [1.29, 1.82) is 0 Å². The summed E-state index contributed by atoms with van der Waals surface area (Å²) in [4.78, 5) is 4.31. The molecule has 0 aromatic carbocycles. The van der Waals surface area contributed by atoms with Gasteiger partial charge < -0.3 is 12.4 Å². The fraction of sp³-hybridized carbons (Fsp3) is 1.00. The van der Waals surface area contributed by atoms with E-state index in [0.717, 1.165) is 0 Å². The zero-order valence-corrected chi connectivity index (χ0v) is 4.80. The number of rotatable bonds is 2. The number of quaternary nitrogens is 1. The van der Waals surface area contributed by atoms with Crippen molar-refractivity contribution in [2.75, 3.05) is 12.5 Å². The molecule has 0 amide bonds. The summed E-state index contributed by atoms with van der Waals surface area (Å²) in [7, 11) is 0. The minimum absolute atomic E-state index is 0. The van der Waals surface area contributed by atoms with Gasteiger partial charge in [-0.05, 0) is 0 Å². The van der Waals surface area contributed by atoms with Crippen molar-refractivity contribution >= 4 is 11.6 Å². The molecule has 0 spiro atoms. The molecule has 0 aliphatic carbocycles. The Bertz CT molecular complexity index is 19.0. The maximum absolute atomic E-state index is 5.14. The van der Waals surface area contributed by atoms with Crippen molar-refractivity contribution in [2.24, 2.45) is 0 Å². The van der Waals surface area contributed by atoms with Gasteiger partial charge in [0.2, 0.25) is 0 Å². The van der Waals surface area contributed by atoms with Crippen LogP contribution in [0.25, 0.3) is 0 Å². The highest BCUT2D eigenvalue weighted by atomic mass is 35.5. The maximum atomic E-state index is 5.14. The Hall–Kier alpha value is 0.500. The third kappa shape index (κ3) is 8.82. The van der Waals surface area contributed by atoms with Crippen molar-refractivity contribution < 1.29 is 23.1 Å². The topological polar surface area (TPSA) is 36.9 Å². The zero-order chi connectivity index (χ0) is 4.12. The summed E-state index contributed by atoms with van der Waals surface area (Å²) >= 11 is 5.14. The van der Waals surface area contributed by atoms with Crippen LogP contribution < -0.4 is 18.3 Å². The van der Waals surface area contributed by atoms with Gasteiger partial charge in [0, 0.05) is 0 Å². The van der Waals surface area contributed by atoms with Gasteiger partial charge in [-0.25, -0.2) is 10.7 Å². The average molecular weight is 132 g/mol. The highest BCUT2D eigenvalue weighted by Gasteiger charge is 1.72. The number of halogens is 2. The molecular formula is C2H7Cl2NO. The van der Waals surface area contributed by atoms with E-state index in [1.54, 1.807) is 0 Å². The Balaban J connectivity index is 0. The maximum Gasteiger partial charge on any atom is 0.119 e. The molecule has 0 saturated heterocycles. The Morgan fingerprint density at radius 1 is 1.67 bits per heavy atom. The third-order valence-electron chi connectivity index (χ3n) is 0.221. The first-order valence-corrected chi connectivity index (χ1v) is 1.88. The van der Waals surface area contributed by atoms with E-state index >= 15 is 0 Å². The first-order valence-electron chi connectivity index (χ1n) is 1.34. The van der Waals surface area contributed by atoms with Crippen LogP contribution in [0, 0.1) is 0 Å². The molecule has 0 aliphatic heterocycles. The van der Waals surface area contributed by atoms with Crippen LogP contribution in [0.5, 0.6) is 0 Å². The standard InChI is InChI=1S/C2H7ClNO.ClH/c3-1-2-5-4;/h1-2H2,4H3;1H/q+1;/p-1. The van der Waals surface area contributed by atoms with Crippen molar-refractivity contribution in [2.45, 2.75) is 0 Å². The van der Waals surface area contributed by atoms with E-state index in [2.05, 4.69) is 10.7 Å². The predicted molar refractivity (Wildman–Crippen MR) is 19.6 cm³/mol. The van der Waals surface area contributed by atoms with E-state index in [-0.39, 0.29) is 12.4 Å². The summed E-state index contributed by atoms with van der Waals surface area (Å²) in [6.07, 6.45) is 0. The molecule has 0 radical (unpaired) electrons. The van der Waals surface area contributed by atoms with Crippen LogP contribution in [0.4, 0.5) is 0 Å². The Kier molecular flexibility index (Phi) is 14.7. The summed E-state index contributed by atoms with van der Waals surface area (Å²) in [5.74, 6) is 3.62. The lowest BCUT2D eigenvalue weighted by atomic mass is 10.9. The van der Waals surface area contributed by atoms with Crippen LogP contribution >= 0.6 is 11.6 Å². The molecule has 0 atom stereocenters. The van der Waals surface area contributed by atoms with Crippen molar-refractivity contribution in [3.63, 3.8) is 0 Å². The first kappa shape index (κ1) is 9.71. The summed E-state index contributed by atoms with van der Waals surface area (Å²) in [6, 6.07) is 0. The fourth-order valence-electron chi connectivity index (χ4n) is 0.0546. The molecule has 0 saturated carbocycles. The van der Waals surface area contributed by atoms with E-state index in [1.165, 1.54) is 0 Å². The molecule has 0 heterocycles. The van der Waals surface area contributed by atoms with Gasteiger partial charge in [0.25, 0.3) is 0 Å². The van der Waals surface area contributed by atoms with Crippen LogP contribution in [-0.4, -0.2) is 12.5 Å². The Labute approximate surface area is 48.0 Å². The van der Waals surface area contributed by atoms with Crippen molar-refractivity contribution in [1.82, 2.24) is 0 Å². The van der Waals surface area contributed by atoms with Gasteiger partial charge in [-0.3, -0.25) is 0 Å². The molecule has 0 fully saturated rings. The molecule has 3 N–H and O–H groups in total. The molecule has 0 aromatic heterocycles. The largest absolute Gasteiger partial charge is 1.00 e. The molecule has 0 aliphatic rings. The number of hydrogen-bond acceptors (Lipinski definition) is 1. The normalized spacial score (nSPS) is 7.00. The SMILES string of the molecule is [Cl-].[NH3+]OCCCl. The monoisotopic (exact) mass is 131 g/mol. The lowest BCUT2D eigenvalue weighted by Gasteiger charge is -1.77. The molecule has 0 aromatic rings. The van der Waals surface area contributed by atoms with Crippen LogP contribution in [-0.2, 0) is 4.84 Å². The summed E-state index contributed by atoms with van der Waals surface area (Å²) < 4.78 is 0. The second-order valence-corrected chi connectivity index (χ2v) is 0.975. The van der Waals surface area contributed by atoms with Crippen molar-refractivity contribution in [3.8, 4) is 0 Å². The van der Waals surface area contributed by atoms with Crippen LogP contribution in [0.2, 0.25) is 0 Å². The second-order valence-electron chi connectivity index (χ2n) is 0.597. The summed E-state index contributed by atoms with van der Waals surface area (Å²) in [6.45, 7) is 0.543.